The van der Waals surface area contributed by atoms with Crippen LogP contribution in [0, 0.1) is 0 Å². The van der Waals surface area contributed by atoms with Crippen molar-refractivity contribution in [1.29, 1.82) is 0 Å². The van der Waals surface area contributed by atoms with Crippen LogP contribution < -0.4 is 4.90 Å². The first kappa shape index (κ1) is 29.1. The zero-order valence-electron chi connectivity index (χ0n) is 27.8. The fourth-order valence-corrected chi connectivity index (χ4v) is 7.53. The van der Waals surface area contributed by atoms with Crippen LogP contribution in [0.5, 0.6) is 0 Å². The molecule has 0 aliphatic carbocycles. The molecule has 10 aromatic rings. The van der Waals surface area contributed by atoms with Crippen molar-refractivity contribution in [2.75, 3.05) is 4.90 Å². The summed E-state index contributed by atoms with van der Waals surface area (Å²) in [7, 11) is 0. The maximum absolute atomic E-state index is 6.99. The Morgan fingerprint density at radius 1 is 0.392 bits per heavy atom. The highest BCUT2D eigenvalue weighted by molar-refractivity contribution is 6.18. The molecular weight excluding hydrogens is 621 g/mol. The number of furan rings is 1. The number of hydrogen-bond donors (Lipinski definition) is 0. The summed E-state index contributed by atoms with van der Waals surface area (Å²) in [6, 6.07) is 69.0. The Kier molecular flexibility index (Phi) is 6.81. The van der Waals surface area contributed by atoms with Crippen molar-refractivity contribution in [3.63, 3.8) is 0 Å². The molecule has 240 valence electrons. The Morgan fingerprint density at radius 3 is 1.71 bits per heavy atom. The minimum absolute atomic E-state index is 0.851. The van der Waals surface area contributed by atoms with E-state index in [9.17, 15) is 0 Å². The zero-order valence-corrected chi connectivity index (χ0v) is 27.8. The van der Waals surface area contributed by atoms with E-state index in [0.717, 1.165) is 55.7 Å². The molecule has 8 aromatic carbocycles. The van der Waals surface area contributed by atoms with E-state index in [1.807, 2.05) is 0 Å². The fraction of sp³-hybridized carbons (Fsp3) is 0. The smallest absolute Gasteiger partial charge is 0.161 e. The molecule has 0 spiro atoms. The molecule has 3 nitrogen and oxygen atoms in total. The minimum Gasteiger partial charge on any atom is -0.451 e. The normalized spacial score (nSPS) is 11.5. The fourth-order valence-electron chi connectivity index (χ4n) is 7.53. The lowest BCUT2D eigenvalue weighted by atomic mass is 10.0. The second kappa shape index (κ2) is 11.9. The lowest BCUT2D eigenvalue weighted by molar-refractivity contribution is 0.673. The molecule has 2 heterocycles. The highest BCUT2D eigenvalue weighted by Crippen LogP contribution is 2.45. The van der Waals surface area contributed by atoms with Gasteiger partial charge in [-0.2, -0.15) is 0 Å². The third-order valence-corrected chi connectivity index (χ3v) is 9.98. The predicted molar refractivity (Wildman–Crippen MR) is 214 cm³/mol. The van der Waals surface area contributed by atoms with Gasteiger partial charge in [0.2, 0.25) is 0 Å². The van der Waals surface area contributed by atoms with Crippen molar-refractivity contribution in [2.45, 2.75) is 0 Å². The second-order valence-electron chi connectivity index (χ2n) is 13.0. The highest BCUT2D eigenvalue weighted by Gasteiger charge is 2.24. The maximum Gasteiger partial charge on any atom is 0.161 e. The predicted octanol–water partition coefficient (Wildman–Crippen LogP) is 13.5. The van der Waals surface area contributed by atoms with Crippen molar-refractivity contribution in [3.05, 3.63) is 194 Å². The number of fused-ring (bicyclic) bond motifs is 6. The Hall–Kier alpha value is -6.84. The van der Waals surface area contributed by atoms with Crippen LogP contribution in [0.25, 0.3) is 71.7 Å². The molecule has 51 heavy (non-hydrogen) atoms. The third-order valence-electron chi connectivity index (χ3n) is 9.98. The quantitative estimate of drug-likeness (QED) is 0.178. The summed E-state index contributed by atoms with van der Waals surface area (Å²) in [6.45, 7) is 0. The molecule has 0 bridgehead atoms. The van der Waals surface area contributed by atoms with Crippen molar-refractivity contribution in [1.82, 2.24) is 4.57 Å². The zero-order chi connectivity index (χ0) is 33.7. The van der Waals surface area contributed by atoms with Crippen LogP contribution in [0.3, 0.4) is 0 Å². The van der Waals surface area contributed by atoms with Crippen molar-refractivity contribution < 1.29 is 4.42 Å². The first-order chi connectivity index (χ1) is 25.3. The minimum atomic E-state index is 0.851. The van der Waals surface area contributed by atoms with Crippen LogP contribution in [0.15, 0.2) is 199 Å². The molecule has 2 aromatic heterocycles. The SMILES string of the molecule is c1ccc(-c2ccc(N(c3ccc(-c4ccc5ccccc5c4)cc3)c3cccc4c3oc3c5ccccc5n(-c5ccccc5)c43)cc2)cc1. The molecule has 0 amide bonds. The summed E-state index contributed by atoms with van der Waals surface area (Å²) in [5, 5.41) is 4.65. The summed E-state index contributed by atoms with van der Waals surface area (Å²) >= 11 is 0. The molecule has 0 radical (unpaired) electrons. The molecule has 0 unspecified atom stereocenters. The van der Waals surface area contributed by atoms with E-state index in [4.69, 9.17) is 4.42 Å². The van der Waals surface area contributed by atoms with Crippen LogP contribution in [0.1, 0.15) is 0 Å². The molecule has 0 fully saturated rings. The molecule has 0 aliphatic heterocycles. The Bertz CT molecular complexity index is 2830. The van der Waals surface area contributed by atoms with E-state index >= 15 is 0 Å². The number of para-hydroxylation sites is 3. The van der Waals surface area contributed by atoms with Gasteiger partial charge in [-0.05, 0) is 99.8 Å². The topological polar surface area (TPSA) is 21.3 Å². The number of hydrogen-bond acceptors (Lipinski definition) is 2. The first-order valence-corrected chi connectivity index (χ1v) is 17.4. The Labute approximate surface area is 295 Å². The molecule has 0 aliphatic rings. The molecule has 0 atom stereocenters. The number of anilines is 3. The number of aromatic nitrogens is 1. The van der Waals surface area contributed by atoms with Crippen LogP contribution in [-0.4, -0.2) is 4.57 Å². The molecular formula is C48H32N2O. The summed E-state index contributed by atoms with van der Waals surface area (Å²) in [4.78, 5) is 2.32. The van der Waals surface area contributed by atoms with Gasteiger partial charge in [-0.1, -0.05) is 127 Å². The number of nitrogens with zero attached hydrogens (tertiary/aromatic N) is 2. The number of benzene rings is 8. The van der Waals surface area contributed by atoms with Crippen molar-refractivity contribution in [2.24, 2.45) is 0 Å². The van der Waals surface area contributed by atoms with Gasteiger partial charge < -0.3 is 13.9 Å². The van der Waals surface area contributed by atoms with Gasteiger partial charge >= 0.3 is 0 Å². The van der Waals surface area contributed by atoms with Crippen LogP contribution in [0.2, 0.25) is 0 Å². The average Bonchev–Trinajstić information content (AvgIpc) is 3.74. The van der Waals surface area contributed by atoms with Gasteiger partial charge in [0.1, 0.15) is 5.52 Å². The summed E-state index contributed by atoms with van der Waals surface area (Å²) in [5.74, 6) is 0. The van der Waals surface area contributed by atoms with Gasteiger partial charge in [0.15, 0.2) is 11.2 Å². The van der Waals surface area contributed by atoms with E-state index in [1.165, 1.54) is 33.0 Å². The summed E-state index contributed by atoms with van der Waals surface area (Å²) in [5.41, 5.74) is 12.9. The molecule has 0 N–H and O–H groups in total. The average molecular weight is 653 g/mol. The van der Waals surface area contributed by atoms with Crippen molar-refractivity contribution in [3.8, 4) is 27.9 Å². The van der Waals surface area contributed by atoms with Crippen molar-refractivity contribution >= 4 is 60.8 Å². The van der Waals surface area contributed by atoms with E-state index in [0.29, 0.717) is 0 Å². The van der Waals surface area contributed by atoms with Crippen LogP contribution in [0.4, 0.5) is 17.1 Å². The standard InChI is InChI=1S/C48H32N2O/c1-3-12-33(13-4-1)35-24-28-40(29-25-35)49(41-30-26-36(27-31-41)38-23-22-34-14-7-8-15-37(34)32-38)45-21-11-19-43-46-48(51-47(43)45)42-18-9-10-20-44(42)50(46)39-16-5-2-6-17-39/h1-32H. The van der Waals surface area contributed by atoms with E-state index in [-0.39, 0.29) is 0 Å². The lowest BCUT2D eigenvalue weighted by Gasteiger charge is -2.26. The Morgan fingerprint density at radius 2 is 0.961 bits per heavy atom. The second-order valence-corrected chi connectivity index (χ2v) is 13.0. The summed E-state index contributed by atoms with van der Waals surface area (Å²) in [6.07, 6.45) is 0. The van der Waals surface area contributed by atoms with E-state index < -0.39 is 0 Å². The van der Waals surface area contributed by atoms with E-state index in [2.05, 4.69) is 204 Å². The van der Waals surface area contributed by atoms with Gasteiger partial charge in [-0.15, -0.1) is 0 Å². The van der Waals surface area contributed by atoms with Gasteiger partial charge in [-0.3, -0.25) is 0 Å². The van der Waals surface area contributed by atoms with E-state index in [1.54, 1.807) is 0 Å². The van der Waals surface area contributed by atoms with Gasteiger partial charge in [0.25, 0.3) is 0 Å². The molecule has 10 rings (SSSR count). The third kappa shape index (κ3) is 4.90. The molecule has 0 saturated carbocycles. The van der Waals surface area contributed by atoms with Gasteiger partial charge in [0, 0.05) is 27.8 Å². The van der Waals surface area contributed by atoms with Gasteiger partial charge in [-0.25, -0.2) is 0 Å². The maximum atomic E-state index is 6.99. The first-order valence-electron chi connectivity index (χ1n) is 17.4. The van der Waals surface area contributed by atoms with Crippen LogP contribution in [-0.2, 0) is 0 Å². The largest absolute Gasteiger partial charge is 0.451 e. The number of rotatable bonds is 6. The summed E-state index contributed by atoms with van der Waals surface area (Å²) < 4.78 is 9.32. The lowest BCUT2D eigenvalue weighted by Crippen LogP contribution is -2.10. The monoisotopic (exact) mass is 652 g/mol. The Balaban J connectivity index is 1.16. The highest BCUT2D eigenvalue weighted by atomic mass is 16.3. The van der Waals surface area contributed by atoms with Crippen LogP contribution >= 0.6 is 0 Å². The molecule has 3 heteroatoms. The molecule has 0 saturated heterocycles. The van der Waals surface area contributed by atoms with Gasteiger partial charge in [0.05, 0.1) is 11.2 Å².